The highest BCUT2D eigenvalue weighted by molar-refractivity contribution is 6.12. The normalized spacial score (nSPS) is 12.3. The molecule has 0 rings (SSSR count). The molecule has 0 radical (unpaired) electrons. The number of rotatable bonds is 5. The van der Waals surface area contributed by atoms with Crippen LogP contribution in [0.1, 0.15) is 27.2 Å². The van der Waals surface area contributed by atoms with E-state index in [1.54, 1.807) is 0 Å². The quantitative estimate of drug-likeness (QED) is 0.403. The lowest BCUT2D eigenvalue weighted by Gasteiger charge is -2.14. The maximum absolute atomic E-state index is 10.6. The third-order valence-corrected chi connectivity index (χ3v) is 2.17. The topological polar surface area (TPSA) is 74.6 Å². The summed E-state index contributed by atoms with van der Waals surface area (Å²) in [5, 5.41) is 17.2. The highest BCUT2D eigenvalue weighted by Gasteiger charge is 2.19. The second-order valence-corrected chi connectivity index (χ2v) is 3.51. The van der Waals surface area contributed by atoms with Gasteiger partial charge < -0.3 is 10.2 Å². The molecule has 0 aliphatic heterocycles. The van der Waals surface area contributed by atoms with Crippen LogP contribution in [0.4, 0.5) is 0 Å². The predicted molar refractivity (Wildman–Crippen MR) is 52.0 cm³/mol. The summed E-state index contributed by atoms with van der Waals surface area (Å²) in [6.07, 6.45) is 2.07. The number of hydrogen-bond acceptors (Lipinski definition) is 2. The summed E-state index contributed by atoms with van der Waals surface area (Å²) in [5.41, 5.74) is -0.537. The Balaban J connectivity index is 4.88. The van der Waals surface area contributed by atoms with Gasteiger partial charge >= 0.3 is 11.9 Å². The van der Waals surface area contributed by atoms with Gasteiger partial charge in [-0.2, -0.15) is 0 Å². The molecule has 4 heteroatoms. The number of allylic oxidation sites excluding steroid dienone is 1. The van der Waals surface area contributed by atoms with E-state index in [9.17, 15) is 9.59 Å². The first kappa shape index (κ1) is 12.7. The van der Waals surface area contributed by atoms with Gasteiger partial charge in [-0.05, 0) is 18.3 Å². The van der Waals surface area contributed by atoms with Gasteiger partial charge in [0.15, 0.2) is 0 Å². The molecule has 0 aromatic carbocycles. The second-order valence-electron chi connectivity index (χ2n) is 3.51. The number of carboxylic acids is 2. The van der Waals surface area contributed by atoms with Crippen molar-refractivity contribution in [2.45, 2.75) is 27.2 Å². The molecule has 80 valence electrons. The summed E-state index contributed by atoms with van der Waals surface area (Å²) in [4.78, 5) is 21.1. The molecule has 0 amide bonds. The van der Waals surface area contributed by atoms with Crippen LogP contribution < -0.4 is 0 Å². The van der Waals surface area contributed by atoms with Crippen LogP contribution in [0, 0.1) is 11.8 Å². The Kier molecular flexibility index (Phi) is 4.91. The minimum absolute atomic E-state index is 0.00259. The fourth-order valence-corrected chi connectivity index (χ4v) is 1.23. The molecule has 0 heterocycles. The second kappa shape index (κ2) is 5.42. The molecule has 0 spiro atoms. The Bertz CT molecular complexity index is 237. The van der Waals surface area contributed by atoms with E-state index < -0.39 is 17.5 Å². The summed E-state index contributed by atoms with van der Waals surface area (Å²) in [6.45, 7) is 5.78. The molecule has 0 fully saturated rings. The predicted octanol–water partition coefficient (Wildman–Crippen LogP) is 1.76. The number of aliphatic carboxylic acids is 2. The molecule has 0 aliphatic carbocycles. The first-order valence-corrected chi connectivity index (χ1v) is 4.58. The van der Waals surface area contributed by atoms with E-state index >= 15 is 0 Å². The fourth-order valence-electron chi connectivity index (χ4n) is 1.23. The van der Waals surface area contributed by atoms with Gasteiger partial charge in [-0.1, -0.05) is 26.8 Å². The van der Waals surface area contributed by atoms with Crippen molar-refractivity contribution in [2.75, 3.05) is 0 Å². The minimum Gasteiger partial charge on any atom is -0.477 e. The van der Waals surface area contributed by atoms with Crippen LogP contribution in [0.5, 0.6) is 0 Å². The Labute approximate surface area is 83.2 Å². The van der Waals surface area contributed by atoms with Gasteiger partial charge in [0.25, 0.3) is 0 Å². The van der Waals surface area contributed by atoms with Crippen molar-refractivity contribution in [1.29, 1.82) is 0 Å². The molecule has 0 aromatic heterocycles. The van der Waals surface area contributed by atoms with Crippen LogP contribution in [-0.2, 0) is 9.59 Å². The van der Waals surface area contributed by atoms with E-state index in [2.05, 4.69) is 0 Å². The third kappa shape index (κ3) is 3.60. The maximum Gasteiger partial charge on any atom is 0.342 e. The Morgan fingerprint density at radius 2 is 1.64 bits per heavy atom. The SMILES string of the molecule is CCC(C=C(C(=O)O)C(=O)O)C(C)C. The van der Waals surface area contributed by atoms with E-state index in [0.717, 1.165) is 6.42 Å². The molecule has 0 aromatic rings. The van der Waals surface area contributed by atoms with Crippen LogP contribution >= 0.6 is 0 Å². The van der Waals surface area contributed by atoms with Gasteiger partial charge in [-0.15, -0.1) is 0 Å². The smallest absolute Gasteiger partial charge is 0.342 e. The van der Waals surface area contributed by atoms with E-state index in [1.807, 2.05) is 20.8 Å². The Morgan fingerprint density at radius 1 is 1.21 bits per heavy atom. The molecule has 0 saturated heterocycles. The van der Waals surface area contributed by atoms with Gasteiger partial charge in [0.1, 0.15) is 5.57 Å². The maximum atomic E-state index is 10.6. The van der Waals surface area contributed by atoms with Crippen molar-refractivity contribution in [3.63, 3.8) is 0 Å². The zero-order valence-corrected chi connectivity index (χ0v) is 8.65. The molecular weight excluding hydrogens is 184 g/mol. The standard InChI is InChI=1S/C10H16O4/c1-4-7(6(2)3)5-8(9(11)12)10(13)14/h5-7H,4H2,1-3H3,(H,11,12)(H,13,14). The molecule has 0 saturated carbocycles. The molecule has 0 aliphatic rings. The van der Waals surface area contributed by atoms with Crippen LogP contribution in [0.2, 0.25) is 0 Å². The Hall–Kier alpha value is -1.32. The van der Waals surface area contributed by atoms with Gasteiger partial charge in [0.2, 0.25) is 0 Å². The summed E-state index contributed by atoms with van der Waals surface area (Å²) in [6, 6.07) is 0. The first-order chi connectivity index (χ1) is 6.40. The largest absolute Gasteiger partial charge is 0.477 e. The summed E-state index contributed by atoms with van der Waals surface area (Å²) in [7, 11) is 0. The van der Waals surface area contributed by atoms with Crippen molar-refractivity contribution in [3.05, 3.63) is 11.6 Å². The lowest BCUT2D eigenvalue weighted by molar-refractivity contribution is -0.140. The molecule has 4 nitrogen and oxygen atoms in total. The van der Waals surface area contributed by atoms with Gasteiger partial charge in [0, 0.05) is 0 Å². The van der Waals surface area contributed by atoms with Crippen molar-refractivity contribution in [3.8, 4) is 0 Å². The number of hydrogen-bond donors (Lipinski definition) is 2. The van der Waals surface area contributed by atoms with Gasteiger partial charge in [-0.3, -0.25) is 0 Å². The zero-order valence-electron chi connectivity index (χ0n) is 8.65. The number of carbonyl (C=O) groups is 2. The fraction of sp³-hybridized carbons (Fsp3) is 0.600. The van der Waals surface area contributed by atoms with Crippen LogP contribution in [-0.4, -0.2) is 22.2 Å². The lowest BCUT2D eigenvalue weighted by atomic mass is 9.91. The number of carboxylic acid groups (broad SMARTS) is 2. The molecule has 1 atom stereocenters. The van der Waals surface area contributed by atoms with Crippen LogP contribution in [0.15, 0.2) is 11.6 Å². The van der Waals surface area contributed by atoms with E-state index in [4.69, 9.17) is 10.2 Å². The molecule has 0 bridgehead atoms. The lowest BCUT2D eigenvalue weighted by Crippen LogP contribution is -2.15. The molecule has 1 unspecified atom stereocenters. The van der Waals surface area contributed by atoms with E-state index in [-0.39, 0.29) is 11.8 Å². The monoisotopic (exact) mass is 200 g/mol. The van der Waals surface area contributed by atoms with Crippen LogP contribution in [0.3, 0.4) is 0 Å². The van der Waals surface area contributed by atoms with Crippen molar-refractivity contribution in [2.24, 2.45) is 11.8 Å². The summed E-state index contributed by atoms with van der Waals surface area (Å²) >= 11 is 0. The van der Waals surface area contributed by atoms with Gasteiger partial charge in [0.05, 0.1) is 0 Å². The van der Waals surface area contributed by atoms with Crippen LogP contribution in [0.25, 0.3) is 0 Å². The third-order valence-electron chi connectivity index (χ3n) is 2.17. The van der Waals surface area contributed by atoms with Crippen molar-refractivity contribution in [1.82, 2.24) is 0 Å². The van der Waals surface area contributed by atoms with Gasteiger partial charge in [-0.25, -0.2) is 9.59 Å². The molecule has 2 N–H and O–H groups in total. The zero-order chi connectivity index (χ0) is 11.3. The average Bonchev–Trinajstić information content (AvgIpc) is 2.03. The van der Waals surface area contributed by atoms with E-state index in [0.29, 0.717) is 0 Å². The summed E-state index contributed by atoms with van der Waals surface area (Å²) in [5.74, 6) is -2.51. The highest BCUT2D eigenvalue weighted by Crippen LogP contribution is 2.18. The minimum atomic E-state index is -1.38. The average molecular weight is 200 g/mol. The molecule has 14 heavy (non-hydrogen) atoms. The van der Waals surface area contributed by atoms with Crippen molar-refractivity contribution < 1.29 is 19.8 Å². The van der Waals surface area contributed by atoms with E-state index in [1.165, 1.54) is 6.08 Å². The molecular formula is C10H16O4. The Morgan fingerprint density at radius 3 is 1.86 bits per heavy atom. The summed E-state index contributed by atoms with van der Waals surface area (Å²) < 4.78 is 0. The highest BCUT2D eigenvalue weighted by atomic mass is 16.4. The van der Waals surface area contributed by atoms with Crippen molar-refractivity contribution >= 4 is 11.9 Å². The first-order valence-electron chi connectivity index (χ1n) is 4.58.